The number of anilines is 1. The predicted molar refractivity (Wildman–Crippen MR) is 65.0 cm³/mol. The Morgan fingerprint density at radius 1 is 1.35 bits per heavy atom. The molecule has 92 valence electrons. The first-order valence-corrected chi connectivity index (χ1v) is 5.83. The molecule has 2 heterocycles. The third kappa shape index (κ3) is 2.35. The Kier molecular flexibility index (Phi) is 3.51. The van der Waals surface area contributed by atoms with Gasteiger partial charge in [0.15, 0.2) is 0 Å². The predicted octanol–water partition coefficient (Wildman–Crippen LogP) is 1.04. The van der Waals surface area contributed by atoms with E-state index in [9.17, 15) is 9.70 Å². The van der Waals surface area contributed by atoms with Gasteiger partial charge in [0.1, 0.15) is 6.54 Å². The fourth-order valence-electron chi connectivity index (χ4n) is 2.20. The maximum atomic E-state index is 11.9. The summed E-state index contributed by atoms with van der Waals surface area (Å²) in [4.78, 5) is 24.5. The van der Waals surface area contributed by atoms with Crippen molar-refractivity contribution in [2.24, 2.45) is 12.2 Å². The number of aryl methyl sites for hydroxylation is 1. The summed E-state index contributed by atoms with van der Waals surface area (Å²) in [5.41, 5.74) is 1.000. The number of aromatic nitrogens is 2. The summed E-state index contributed by atoms with van der Waals surface area (Å²) >= 11 is 0. The second-order valence-electron chi connectivity index (χ2n) is 4.27. The van der Waals surface area contributed by atoms with E-state index in [4.69, 9.17) is 0 Å². The van der Waals surface area contributed by atoms with E-state index in [1.165, 1.54) is 11.1 Å². The van der Waals surface area contributed by atoms with Crippen LogP contribution in [0.2, 0.25) is 0 Å². The van der Waals surface area contributed by atoms with Crippen LogP contribution in [-0.2, 0) is 13.6 Å². The lowest BCUT2D eigenvalue weighted by atomic mass is 10.1. The van der Waals surface area contributed by atoms with Crippen molar-refractivity contribution in [3.63, 3.8) is 0 Å². The van der Waals surface area contributed by atoms with Gasteiger partial charge in [-0.05, 0) is 19.3 Å². The first-order valence-electron chi connectivity index (χ1n) is 5.83. The summed E-state index contributed by atoms with van der Waals surface area (Å²) < 4.78 is 1.24. The first kappa shape index (κ1) is 11.8. The van der Waals surface area contributed by atoms with Crippen LogP contribution in [0, 0.1) is 4.91 Å². The molecule has 1 aliphatic rings. The molecule has 0 aliphatic carbocycles. The van der Waals surface area contributed by atoms with Crippen LogP contribution in [0.15, 0.2) is 16.2 Å². The largest absolute Gasteiger partial charge is 0.370 e. The van der Waals surface area contributed by atoms with E-state index < -0.39 is 0 Å². The molecule has 0 saturated carbocycles. The molecule has 6 heteroatoms. The van der Waals surface area contributed by atoms with Crippen molar-refractivity contribution in [2.75, 3.05) is 18.0 Å². The number of rotatable bonds is 3. The molecule has 0 spiro atoms. The third-order valence-electron chi connectivity index (χ3n) is 3.13. The van der Waals surface area contributed by atoms with Crippen LogP contribution in [0.3, 0.4) is 0 Å². The van der Waals surface area contributed by atoms with E-state index in [2.05, 4.69) is 15.2 Å². The number of nitrogens with zero attached hydrogens (tertiary/aromatic N) is 4. The highest BCUT2D eigenvalue weighted by atomic mass is 16.3. The Morgan fingerprint density at radius 3 is 2.71 bits per heavy atom. The molecular formula is C11H16N4O2. The third-order valence-corrected chi connectivity index (χ3v) is 3.13. The molecule has 1 saturated heterocycles. The van der Waals surface area contributed by atoms with Crippen LogP contribution in [-0.4, -0.2) is 22.9 Å². The molecule has 0 atom stereocenters. The van der Waals surface area contributed by atoms with Gasteiger partial charge < -0.3 is 4.90 Å². The second-order valence-corrected chi connectivity index (χ2v) is 4.27. The molecule has 1 aliphatic heterocycles. The number of hydrogen-bond acceptors (Lipinski definition) is 5. The van der Waals surface area contributed by atoms with E-state index in [0.717, 1.165) is 31.6 Å². The second kappa shape index (κ2) is 5.07. The number of hydrogen-bond donors (Lipinski definition) is 0. The fraction of sp³-hybridized carbons (Fsp3) is 0.636. The van der Waals surface area contributed by atoms with Crippen molar-refractivity contribution in [1.29, 1.82) is 0 Å². The van der Waals surface area contributed by atoms with Gasteiger partial charge in [-0.2, -0.15) is 10.0 Å². The average molecular weight is 236 g/mol. The minimum absolute atomic E-state index is 0.0823. The molecule has 0 N–H and O–H groups in total. The van der Waals surface area contributed by atoms with Crippen LogP contribution < -0.4 is 10.5 Å². The number of piperidine rings is 1. The minimum Gasteiger partial charge on any atom is -0.370 e. The molecule has 2 rings (SSSR count). The zero-order chi connectivity index (χ0) is 12.3. The normalized spacial score (nSPS) is 15.9. The quantitative estimate of drug-likeness (QED) is 0.735. The maximum absolute atomic E-state index is 11.9. The van der Waals surface area contributed by atoms with Crippen molar-refractivity contribution in [3.8, 4) is 0 Å². The van der Waals surface area contributed by atoms with Gasteiger partial charge in [-0.15, -0.1) is 0 Å². The lowest BCUT2D eigenvalue weighted by Crippen LogP contribution is -2.34. The Morgan fingerprint density at radius 2 is 2.06 bits per heavy atom. The zero-order valence-electron chi connectivity index (χ0n) is 9.93. The first-order chi connectivity index (χ1) is 8.24. The topological polar surface area (TPSA) is 67.6 Å². The van der Waals surface area contributed by atoms with E-state index in [1.807, 2.05) is 0 Å². The van der Waals surface area contributed by atoms with Crippen molar-refractivity contribution >= 4 is 5.69 Å². The molecule has 0 unspecified atom stereocenters. The SMILES string of the molecule is Cn1ncc(N2CCCCC2)c(CN=O)c1=O. The average Bonchev–Trinajstić information content (AvgIpc) is 2.36. The summed E-state index contributed by atoms with van der Waals surface area (Å²) in [5.74, 6) is 0. The smallest absolute Gasteiger partial charge is 0.273 e. The Hall–Kier alpha value is -1.72. The Balaban J connectivity index is 2.41. The van der Waals surface area contributed by atoms with Crippen LogP contribution in [0.25, 0.3) is 0 Å². The van der Waals surface area contributed by atoms with Gasteiger partial charge in [-0.1, -0.05) is 5.18 Å². The molecule has 0 amide bonds. The molecule has 1 fully saturated rings. The van der Waals surface area contributed by atoms with Gasteiger partial charge in [0.2, 0.25) is 0 Å². The molecule has 0 aromatic carbocycles. The van der Waals surface area contributed by atoms with Crippen molar-refractivity contribution in [1.82, 2.24) is 9.78 Å². The summed E-state index contributed by atoms with van der Waals surface area (Å²) in [6.45, 7) is 1.75. The van der Waals surface area contributed by atoms with Gasteiger partial charge in [-0.3, -0.25) is 4.79 Å². The van der Waals surface area contributed by atoms with E-state index in [1.54, 1.807) is 13.2 Å². The van der Waals surface area contributed by atoms with E-state index >= 15 is 0 Å². The van der Waals surface area contributed by atoms with Gasteiger partial charge in [-0.25, -0.2) is 4.68 Å². The van der Waals surface area contributed by atoms with Crippen LogP contribution >= 0.6 is 0 Å². The Bertz CT molecular complexity index is 463. The maximum Gasteiger partial charge on any atom is 0.273 e. The highest BCUT2D eigenvalue weighted by Gasteiger charge is 2.18. The van der Waals surface area contributed by atoms with Gasteiger partial charge in [0.05, 0.1) is 17.4 Å². The van der Waals surface area contributed by atoms with Crippen LogP contribution in [0.4, 0.5) is 5.69 Å². The fourth-order valence-corrected chi connectivity index (χ4v) is 2.20. The lowest BCUT2D eigenvalue weighted by Gasteiger charge is -2.29. The summed E-state index contributed by atoms with van der Waals surface area (Å²) in [6, 6.07) is 0. The van der Waals surface area contributed by atoms with Crippen molar-refractivity contribution in [3.05, 3.63) is 27.0 Å². The highest BCUT2D eigenvalue weighted by molar-refractivity contribution is 5.51. The standard InChI is InChI=1S/C11H16N4O2/c1-14-11(16)9(7-13-17)10(8-12-14)15-5-3-2-4-6-15/h8H,2-7H2,1H3. The van der Waals surface area contributed by atoms with Crippen molar-refractivity contribution < 1.29 is 0 Å². The van der Waals surface area contributed by atoms with Crippen molar-refractivity contribution in [2.45, 2.75) is 25.8 Å². The molecule has 17 heavy (non-hydrogen) atoms. The minimum atomic E-state index is -0.229. The van der Waals surface area contributed by atoms with Gasteiger partial charge >= 0.3 is 0 Å². The molecule has 6 nitrogen and oxygen atoms in total. The molecular weight excluding hydrogens is 220 g/mol. The molecule has 0 radical (unpaired) electrons. The summed E-state index contributed by atoms with van der Waals surface area (Å²) in [7, 11) is 1.58. The monoisotopic (exact) mass is 236 g/mol. The lowest BCUT2D eigenvalue weighted by molar-refractivity contribution is 0.571. The summed E-state index contributed by atoms with van der Waals surface area (Å²) in [5, 5.41) is 6.86. The summed E-state index contributed by atoms with van der Waals surface area (Å²) in [6.07, 6.45) is 5.11. The number of nitroso groups, excluding NO2 is 1. The van der Waals surface area contributed by atoms with Gasteiger partial charge in [0.25, 0.3) is 5.56 Å². The zero-order valence-corrected chi connectivity index (χ0v) is 9.93. The van der Waals surface area contributed by atoms with E-state index in [-0.39, 0.29) is 12.1 Å². The van der Waals surface area contributed by atoms with Crippen LogP contribution in [0.1, 0.15) is 24.8 Å². The highest BCUT2D eigenvalue weighted by Crippen LogP contribution is 2.21. The molecule has 0 bridgehead atoms. The Labute approximate surface area is 99.2 Å². The molecule has 1 aromatic heterocycles. The van der Waals surface area contributed by atoms with Crippen LogP contribution in [0.5, 0.6) is 0 Å². The van der Waals surface area contributed by atoms with E-state index in [0.29, 0.717) is 5.56 Å². The molecule has 1 aromatic rings. The van der Waals surface area contributed by atoms with Gasteiger partial charge in [0, 0.05) is 20.1 Å².